The standard InChI is InChI=1S/C10H10F2N2O/c1-6-8(10(11)12)9(15-2)7(3-4-13)5-14-6/h5,10H,3H2,1-2H3. The molecule has 0 bridgehead atoms. The summed E-state index contributed by atoms with van der Waals surface area (Å²) in [6.45, 7) is 1.49. The molecular weight excluding hydrogens is 202 g/mol. The summed E-state index contributed by atoms with van der Waals surface area (Å²) >= 11 is 0. The Labute approximate surface area is 86.3 Å². The van der Waals surface area contributed by atoms with Crippen molar-refractivity contribution in [1.82, 2.24) is 4.98 Å². The van der Waals surface area contributed by atoms with Crippen LogP contribution in [0.15, 0.2) is 6.20 Å². The zero-order valence-electron chi connectivity index (χ0n) is 8.42. The Hall–Kier alpha value is -1.70. The first-order valence-electron chi connectivity index (χ1n) is 4.29. The predicted molar refractivity (Wildman–Crippen MR) is 49.8 cm³/mol. The smallest absolute Gasteiger partial charge is 0.269 e. The molecule has 0 N–H and O–H groups in total. The number of ether oxygens (including phenoxy) is 1. The molecule has 0 fully saturated rings. The lowest BCUT2D eigenvalue weighted by atomic mass is 10.1. The fraction of sp³-hybridized carbons (Fsp3) is 0.400. The van der Waals surface area contributed by atoms with Crippen LogP contribution >= 0.6 is 0 Å². The van der Waals surface area contributed by atoms with Crippen molar-refractivity contribution in [3.05, 3.63) is 23.0 Å². The zero-order valence-corrected chi connectivity index (χ0v) is 8.42. The van der Waals surface area contributed by atoms with Crippen LogP contribution in [0.1, 0.15) is 23.2 Å². The van der Waals surface area contributed by atoms with E-state index in [1.54, 1.807) is 0 Å². The van der Waals surface area contributed by atoms with Crippen molar-refractivity contribution in [2.45, 2.75) is 19.8 Å². The Bertz CT molecular complexity index is 399. The maximum Gasteiger partial charge on any atom is 0.269 e. The minimum atomic E-state index is -2.65. The van der Waals surface area contributed by atoms with Gasteiger partial charge < -0.3 is 4.74 Å². The summed E-state index contributed by atoms with van der Waals surface area (Å²) in [6, 6.07) is 1.88. The molecule has 0 amide bonds. The van der Waals surface area contributed by atoms with Gasteiger partial charge in [-0.1, -0.05) is 0 Å². The molecule has 0 aliphatic carbocycles. The number of alkyl halides is 2. The molecule has 0 aliphatic rings. The van der Waals surface area contributed by atoms with Gasteiger partial charge in [0.25, 0.3) is 6.43 Å². The molecule has 1 aromatic heterocycles. The fourth-order valence-corrected chi connectivity index (χ4v) is 1.35. The Kier molecular flexibility index (Phi) is 3.56. The first-order chi connectivity index (χ1) is 7.11. The number of hydrogen-bond donors (Lipinski definition) is 0. The first kappa shape index (κ1) is 11.4. The van der Waals surface area contributed by atoms with Crippen molar-refractivity contribution in [3.63, 3.8) is 0 Å². The van der Waals surface area contributed by atoms with Crippen LogP contribution in [-0.4, -0.2) is 12.1 Å². The van der Waals surface area contributed by atoms with Gasteiger partial charge in [0.2, 0.25) is 0 Å². The molecular formula is C10H10F2N2O. The fourth-order valence-electron chi connectivity index (χ4n) is 1.35. The van der Waals surface area contributed by atoms with E-state index in [1.807, 2.05) is 6.07 Å². The lowest BCUT2D eigenvalue weighted by Gasteiger charge is -2.12. The average molecular weight is 212 g/mol. The SMILES string of the molecule is COc1c(CC#N)cnc(C)c1C(F)F. The van der Waals surface area contributed by atoms with Gasteiger partial charge >= 0.3 is 0 Å². The zero-order chi connectivity index (χ0) is 11.4. The highest BCUT2D eigenvalue weighted by Gasteiger charge is 2.20. The first-order valence-corrected chi connectivity index (χ1v) is 4.29. The second-order valence-corrected chi connectivity index (χ2v) is 2.95. The molecule has 0 unspecified atom stereocenters. The maximum absolute atomic E-state index is 12.7. The summed E-state index contributed by atoms with van der Waals surface area (Å²) in [7, 11) is 1.31. The van der Waals surface area contributed by atoms with Gasteiger partial charge in [0.05, 0.1) is 25.2 Å². The molecule has 80 valence electrons. The quantitative estimate of drug-likeness (QED) is 0.772. The van der Waals surface area contributed by atoms with Crippen molar-refractivity contribution in [2.75, 3.05) is 7.11 Å². The molecule has 3 nitrogen and oxygen atoms in total. The molecule has 5 heteroatoms. The summed E-state index contributed by atoms with van der Waals surface area (Å²) in [5.74, 6) is 0.0686. The van der Waals surface area contributed by atoms with Crippen LogP contribution in [0, 0.1) is 18.3 Å². The number of halogens is 2. The molecule has 0 saturated heterocycles. The predicted octanol–water partition coefficient (Wildman–Crippen LogP) is 2.40. The summed E-state index contributed by atoms with van der Waals surface area (Å²) in [5.41, 5.74) is 0.384. The third-order valence-corrected chi connectivity index (χ3v) is 2.03. The lowest BCUT2D eigenvalue weighted by molar-refractivity contribution is 0.145. The number of methoxy groups -OCH3 is 1. The van der Waals surface area contributed by atoms with Crippen LogP contribution in [0.3, 0.4) is 0 Å². The van der Waals surface area contributed by atoms with E-state index in [2.05, 4.69) is 4.98 Å². The van der Waals surface area contributed by atoms with Gasteiger partial charge in [-0.2, -0.15) is 5.26 Å². The van der Waals surface area contributed by atoms with Gasteiger partial charge in [-0.05, 0) is 6.92 Å². The van der Waals surface area contributed by atoms with Crippen molar-refractivity contribution in [1.29, 1.82) is 5.26 Å². The molecule has 0 saturated carbocycles. The van der Waals surface area contributed by atoms with Crippen LogP contribution in [0.5, 0.6) is 5.75 Å². The molecule has 1 aromatic rings. The number of aryl methyl sites for hydroxylation is 1. The molecule has 15 heavy (non-hydrogen) atoms. The van der Waals surface area contributed by atoms with Gasteiger partial charge in [-0.15, -0.1) is 0 Å². The second-order valence-electron chi connectivity index (χ2n) is 2.95. The van der Waals surface area contributed by atoms with Crippen molar-refractivity contribution < 1.29 is 13.5 Å². The summed E-state index contributed by atoms with van der Waals surface area (Å²) in [6.07, 6.45) is -1.24. The van der Waals surface area contributed by atoms with Crippen LogP contribution in [-0.2, 0) is 6.42 Å². The highest BCUT2D eigenvalue weighted by molar-refractivity contribution is 5.44. The van der Waals surface area contributed by atoms with E-state index in [4.69, 9.17) is 10.00 Å². The van der Waals surface area contributed by atoms with E-state index >= 15 is 0 Å². The van der Waals surface area contributed by atoms with E-state index in [1.165, 1.54) is 20.2 Å². The third-order valence-electron chi connectivity index (χ3n) is 2.03. The Balaban J connectivity index is 3.34. The van der Waals surface area contributed by atoms with Crippen molar-refractivity contribution >= 4 is 0 Å². The van der Waals surface area contributed by atoms with Gasteiger partial charge in [-0.3, -0.25) is 4.98 Å². The summed E-state index contributed by atoms with van der Waals surface area (Å²) in [5, 5.41) is 8.52. The topological polar surface area (TPSA) is 45.9 Å². The highest BCUT2D eigenvalue weighted by Crippen LogP contribution is 2.33. The Morgan fingerprint density at radius 3 is 2.73 bits per heavy atom. The van der Waals surface area contributed by atoms with Crippen molar-refractivity contribution in [2.24, 2.45) is 0 Å². The number of nitrogens with zero attached hydrogens (tertiary/aromatic N) is 2. The Morgan fingerprint density at radius 2 is 2.27 bits per heavy atom. The van der Waals surface area contributed by atoms with E-state index < -0.39 is 6.43 Å². The maximum atomic E-state index is 12.7. The molecule has 0 aliphatic heterocycles. The van der Waals surface area contributed by atoms with Gasteiger partial charge in [0.15, 0.2) is 0 Å². The number of aromatic nitrogens is 1. The minimum Gasteiger partial charge on any atom is -0.496 e. The average Bonchev–Trinajstić information content (AvgIpc) is 2.19. The van der Waals surface area contributed by atoms with Crippen LogP contribution in [0.2, 0.25) is 0 Å². The number of pyridine rings is 1. The van der Waals surface area contributed by atoms with Crippen LogP contribution in [0.4, 0.5) is 8.78 Å². The molecule has 0 radical (unpaired) electrons. The minimum absolute atomic E-state index is 0.0101. The van der Waals surface area contributed by atoms with E-state index in [-0.39, 0.29) is 23.4 Å². The van der Waals surface area contributed by atoms with Gasteiger partial charge in [0, 0.05) is 17.5 Å². The van der Waals surface area contributed by atoms with Crippen LogP contribution < -0.4 is 4.74 Å². The molecule has 0 spiro atoms. The van der Waals surface area contributed by atoms with Crippen molar-refractivity contribution in [3.8, 4) is 11.8 Å². The molecule has 1 heterocycles. The third kappa shape index (κ3) is 2.21. The second kappa shape index (κ2) is 4.69. The summed E-state index contributed by atoms with van der Waals surface area (Å²) < 4.78 is 30.3. The summed E-state index contributed by atoms with van der Waals surface area (Å²) in [4.78, 5) is 3.82. The monoisotopic (exact) mass is 212 g/mol. The normalized spacial score (nSPS) is 10.1. The largest absolute Gasteiger partial charge is 0.496 e. The molecule has 1 rings (SSSR count). The van der Waals surface area contributed by atoms with E-state index in [9.17, 15) is 8.78 Å². The number of rotatable bonds is 3. The van der Waals surface area contributed by atoms with E-state index in [0.29, 0.717) is 5.56 Å². The number of nitriles is 1. The van der Waals surface area contributed by atoms with Gasteiger partial charge in [0.1, 0.15) is 5.75 Å². The Morgan fingerprint density at radius 1 is 1.60 bits per heavy atom. The van der Waals surface area contributed by atoms with Crippen LogP contribution in [0.25, 0.3) is 0 Å². The highest BCUT2D eigenvalue weighted by atomic mass is 19.3. The molecule has 0 aromatic carbocycles. The lowest BCUT2D eigenvalue weighted by Crippen LogP contribution is -2.02. The molecule has 0 atom stereocenters. The number of hydrogen-bond acceptors (Lipinski definition) is 3. The van der Waals surface area contributed by atoms with Gasteiger partial charge in [-0.25, -0.2) is 8.78 Å². The van der Waals surface area contributed by atoms with E-state index in [0.717, 1.165) is 0 Å².